The molecular formula is C17H17N3O3. The number of carbonyl (C=O) groups is 2. The van der Waals surface area contributed by atoms with Gasteiger partial charge in [-0.2, -0.15) is 0 Å². The van der Waals surface area contributed by atoms with Crippen LogP contribution in [0.2, 0.25) is 0 Å². The van der Waals surface area contributed by atoms with E-state index < -0.39 is 0 Å². The van der Waals surface area contributed by atoms with E-state index in [-0.39, 0.29) is 23.6 Å². The first-order chi connectivity index (χ1) is 11.1. The first-order valence-corrected chi connectivity index (χ1v) is 7.41. The number of nitrogens with two attached hydrogens (primary N) is 1. The third kappa shape index (κ3) is 3.31. The molecule has 2 aromatic rings. The zero-order valence-corrected chi connectivity index (χ0v) is 12.5. The normalized spacial score (nSPS) is 17.0. The minimum absolute atomic E-state index is 0.201. The lowest BCUT2D eigenvalue weighted by Crippen LogP contribution is -2.32. The Bertz CT molecular complexity index is 718. The van der Waals surface area contributed by atoms with E-state index in [1.807, 2.05) is 18.2 Å². The summed E-state index contributed by atoms with van der Waals surface area (Å²) in [5.74, 6) is 0.0112. The highest BCUT2D eigenvalue weighted by Gasteiger charge is 2.31. The SMILES string of the molecule is NC(=O)[C@H]1CCN(C(=O)c2cccnc2Oc2ccccc2)C1. The Labute approximate surface area is 133 Å². The van der Waals surface area contributed by atoms with Crippen molar-refractivity contribution >= 4 is 11.8 Å². The van der Waals surface area contributed by atoms with E-state index >= 15 is 0 Å². The van der Waals surface area contributed by atoms with Gasteiger partial charge in [0.2, 0.25) is 11.8 Å². The molecule has 0 bridgehead atoms. The lowest BCUT2D eigenvalue weighted by Gasteiger charge is -2.17. The molecule has 0 radical (unpaired) electrons. The Morgan fingerprint density at radius 1 is 1.17 bits per heavy atom. The van der Waals surface area contributed by atoms with Crippen molar-refractivity contribution < 1.29 is 14.3 Å². The lowest BCUT2D eigenvalue weighted by molar-refractivity contribution is -0.121. The van der Waals surface area contributed by atoms with Crippen LogP contribution < -0.4 is 10.5 Å². The first kappa shape index (κ1) is 15.0. The van der Waals surface area contributed by atoms with E-state index in [2.05, 4.69) is 4.98 Å². The average Bonchev–Trinajstić information content (AvgIpc) is 3.06. The van der Waals surface area contributed by atoms with Crippen LogP contribution in [0.5, 0.6) is 11.6 Å². The zero-order chi connectivity index (χ0) is 16.2. The Morgan fingerprint density at radius 2 is 1.96 bits per heavy atom. The Hall–Kier alpha value is -2.89. The maximum Gasteiger partial charge on any atom is 0.259 e. The molecule has 2 amide bonds. The minimum atomic E-state index is -0.368. The summed E-state index contributed by atoms with van der Waals surface area (Å²) in [4.78, 5) is 29.7. The highest BCUT2D eigenvalue weighted by atomic mass is 16.5. The number of pyridine rings is 1. The molecule has 1 saturated heterocycles. The van der Waals surface area contributed by atoms with Crippen molar-refractivity contribution in [2.75, 3.05) is 13.1 Å². The van der Waals surface area contributed by atoms with E-state index in [1.54, 1.807) is 35.4 Å². The summed E-state index contributed by atoms with van der Waals surface area (Å²) >= 11 is 0. The fourth-order valence-corrected chi connectivity index (χ4v) is 2.58. The fraction of sp³-hybridized carbons (Fsp3) is 0.235. The van der Waals surface area contributed by atoms with E-state index in [1.165, 1.54) is 0 Å². The number of nitrogens with zero attached hydrogens (tertiary/aromatic N) is 2. The topological polar surface area (TPSA) is 85.5 Å². The largest absolute Gasteiger partial charge is 0.438 e. The summed E-state index contributed by atoms with van der Waals surface area (Å²) in [6, 6.07) is 12.5. The van der Waals surface area contributed by atoms with E-state index in [9.17, 15) is 9.59 Å². The Morgan fingerprint density at radius 3 is 2.65 bits per heavy atom. The number of carbonyl (C=O) groups excluding carboxylic acids is 2. The second-order valence-corrected chi connectivity index (χ2v) is 5.41. The summed E-state index contributed by atoms with van der Waals surface area (Å²) < 4.78 is 5.71. The number of rotatable bonds is 4. The Balaban J connectivity index is 1.80. The summed E-state index contributed by atoms with van der Waals surface area (Å²) in [5, 5.41) is 0. The standard InChI is InChI=1S/C17H17N3O3/c18-15(21)12-8-10-20(11-12)17(22)14-7-4-9-19-16(14)23-13-5-2-1-3-6-13/h1-7,9,12H,8,10-11H2,(H2,18,21)/t12-/m0/s1. The summed E-state index contributed by atoms with van der Waals surface area (Å²) in [7, 11) is 0. The Kier molecular flexibility index (Phi) is 4.23. The van der Waals surface area contributed by atoms with Gasteiger partial charge in [-0.1, -0.05) is 18.2 Å². The van der Waals surface area contributed by atoms with Crippen molar-refractivity contribution in [3.8, 4) is 11.6 Å². The fourth-order valence-electron chi connectivity index (χ4n) is 2.58. The molecule has 2 N–H and O–H groups in total. The maximum atomic E-state index is 12.7. The zero-order valence-electron chi connectivity index (χ0n) is 12.5. The molecule has 2 heterocycles. The van der Waals surface area contributed by atoms with Gasteiger partial charge in [0.1, 0.15) is 11.3 Å². The molecule has 1 aliphatic heterocycles. The molecule has 0 saturated carbocycles. The van der Waals surface area contributed by atoms with Crippen molar-refractivity contribution in [3.05, 3.63) is 54.2 Å². The van der Waals surface area contributed by atoms with Crippen LogP contribution in [0.1, 0.15) is 16.8 Å². The predicted molar refractivity (Wildman–Crippen MR) is 84.0 cm³/mol. The molecule has 1 aromatic heterocycles. The van der Waals surface area contributed by atoms with Gasteiger partial charge in [-0.3, -0.25) is 9.59 Å². The molecule has 118 valence electrons. The van der Waals surface area contributed by atoms with Crippen LogP contribution in [0, 0.1) is 5.92 Å². The molecule has 3 rings (SSSR count). The highest BCUT2D eigenvalue weighted by molar-refractivity contribution is 5.97. The predicted octanol–water partition coefficient (Wildman–Crippen LogP) is 1.82. The van der Waals surface area contributed by atoms with Gasteiger partial charge in [0.15, 0.2) is 0 Å². The van der Waals surface area contributed by atoms with Gasteiger partial charge in [-0.15, -0.1) is 0 Å². The number of ether oxygens (including phenoxy) is 1. The van der Waals surface area contributed by atoms with Gasteiger partial charge in [0.25, 0.3) is 5.91 Å². The number of primary amides is 1. The molecular weight excluding hydrogens is 294 g/mol. The number of aromatic nitrogens is 1. The molecule has 0 aliphatic carbocycles. The lowest BCUT2D eigenvalue weighted by atomic mass is 10.1. The van der Waals surface area contributed by atoms with Crippen molar-refractivity contribution in [1.82, 2.24) is 9.88 Å². The summed E-state index contributed by atoms with van der Waals surface area (Å²) in [6.45, 7) is 0.847. The van der Waals surface area contributed by atoms with E-state index in [0.29, 0.717) is 30.8 Å². The van der Waals surface area contributed by atoms with Gasteiger partial charge in [0, 0.05) is 19.3 Å². The van der Waals surface area contributed by atoms with E-state index in [4.69, 9.17) is 10.5 Å². The molecule has 0 spiro atoms. The molecule has 1 fully saturated rings. The number of hydrogen-bond donors (Lipinski definition) is 1. The van der Waals surface area contributed by atoms with Crippen molar-refractivity contribution in [1.29, 1.82) is 0 Å². The number of likely N-dealkylation sites (tertiary alicyclic amines) is 1. The molecule has 23 heavy (non-hydrogen) atoms. The van der Waals surface area contributed by atoms with E-state index in [0.717, 1.165) is 0 Å². The van der Waals surface area contributed by atoms with Crippen LogP contribution >= 0.6 is 0 Å². The van der Waals surface area contributed by atoms with Crippen LogP contribution in [0.3, 0.4) is 0 Å². The number of hydrogen-bond acceptors (Lipinski definition) is 4. The van der Waals surface area contributed by atoms with Gasteiger partial charge < -0.3 is 15.4 Å². The van der Waals surface area contributed by atoms with Crippen LogP contribution in [0.4, 0.5) is 0 Å². The second-order valence-electron chi connectivity index (χ2n) is 5.41. The van der Waals surface area contributed by atoms with Gasteiger partial charge in [-0.25, -0.2) is 4.98 Å². The van der Waals surface area contributed by atoms with Gasteiger partial charge in [-0.05, 0) is 30.7 Å². The quantitative estimate of drug-likeness (QED) is 0.933. The van der Waals surface area contributed by atoms with Gasteiger partial charge in [0.05, 0.1) is 5.92 Å². The summed E-state index contributed by atoms with van der Waals surface area (Å²) in [5.41, 5.74) is 5.69. The van der Waals surface area contributed by atoms with Crippen LogP contribution in [0.15, 0.2) is 48.7 Å². The number of para-hydroxylation sites is 1. The minimum Gasteiger partial charge on any atom is -0.438 e. The molecule has 6 nitrogen and oxygen atoms in total. The maximum absolute atomic E-state index is 12.7. The molecule has 1 atom stereocenters. The number of amides is 2. The first-order valence-electron chi connectivity index (χ1n) is 7.41. The summed E-state index contributed by atoms with van der Waals surface area (Å²) in [6.07, 6.45) is 2.17. The highest BCUT2D eigenvalue weighted by Crippen LogP contribution is 2.26. The van der Waals surface area contributed by atoms with Crippen LogP contribution in [0.25, 0.3) is 0 Å². The smallest absolute Gasteiger partial charge is 0.259 e. The molecule has 1 aliphatic rings. The van der Waals surface area contributed by atoms with Crippen molar-refractivity contribution in [3.63, 3.8) is 0 Å². The monoisotopic (exact) mass is 311 g/mol. The van der Waals surface area contributed by atoms with Gasteiger partial charge >= 0.3 is 0 Å². The van der Waals surface area contributed by atoms with Crippen LogP contribution in [-0.4, -0.2) is 34.8 Å². The van der Waals surface area contributed by atoms with Crippen molar-refractivity contribution in [2.24, 2.45) is 11.7 Å². The third-order valence-electron chi connectivity index (χ3n) is 3.84. The van der Waals surface area contributed by atoms with Crippen molar-refractivity contribution in [2.45, 2.75) is 6.42 Å². The third-order valence-corrected chi connectivity index (χ3v) is 3.84. The molecule has 1 aromatic carbocycles. The number of benzene rings is 1. The molecule has 0 unspecified atom stereocenters. The average molecular weight is 311 g/mol. The van der Waals surface area contributed by atoms with Crippen LogP contribution in [-0.2, 0) is 4.79 Å². The second kappa shape index (κ2) is 6.48. The molecule has 6 heteroatoms.